The number of nitrogens with two attached hydrogens (primary N) is 1. The Hall–Kier alpha value is -1.88. The summed E-state index contributed by atoms with van der Waals surface area (Å²) >= 11 is 0. The Morgan fingerprint density at radius 3 is 2.75 bits per heavy atom. The van der Waals surface area contributed by atoms with Crippen LogP contribution in [0.2, 0.25) is 0 Å². The first kappa shape index (κ1) is 14.5. The van der Waals surface area contributed by atoms with Crippen LogP contribution in [-0.4, -0.2) is 22.8 Å². The van der Waals surface area contributed by atoms with Gasteiger partial charge in [-0.25, -0.2) is 0 Å². The summed E-state index contributed by atoms with van der Waals surface area (Å²) in [7, 11) is 1.66. The number of ether oxygens (including phenoxy) is 1. The van der Waals surface area contributed by atoms with Crippen molar-refractivity contribution in [1.82, 2.24) is 10.1 Å². The molecule has 0 spiro atoms. The molecule has 0 unspecified atom stereocenters. The second kappa shape index (κ2) is 6.05. The predicted octanol–water partition coefficient (Wildman–Crippen LogP) is 2.34. The molecule has 0 atom stereocenters. The van der Waals surface area contributed by atoms with Crippen molar-refractivity contribution in [3.8, 4) is 5.75 Å². The molecule has 20 heavy (non-hydrogen) atoms. The maximum atomic E-state index is 5.95. The van der Waals surface area contributed by atoms with Crippen LogP contribution in [-0.2, 0) is 12.8 Å². The highest BCUT2D eigenvalue weighted by Gasteiger charge is 2.14. The molecule has 0 aliphatic carbocycles. The van der Waals surface area contributed by atoms with Gasteiger partial charge in [-0.05, 0) is 26.3 Å². The topological polar surface area (TPSA) is 74.2 Å². The lowest BCUT2D eigenvalue weighted by molar-refractivity contribution is 0.354. The van der Waals surface area contributed by atoms with Crippen LogP contribution in [0.15, 0.2) is 28.8 Å². The summed E-state index contributed by atoms with van der Waals surface area (Å²) in [5.41, 5.74) is 6.76. The molecule has 0 bridgehead atoms. The zero-order valence-corrected chi connectivity index (χ0v) is 12.2. The van der Waals surface area contributed by atoms with Gasteiger partial charge in [-0.1, -0.05) is 23.4 Å². The number of aromatic nitrogens is 2. The van der Waals surface area contributed by atoms with Gasteiger partial charge in [0.1, 0.15) is 5.75 Å². The lowest BCUT2D eigenvalue weighted by Gasteiger charge is -2.16. The fourth-order valence-electron chi connectivity index (χ4n) is 1.91. The molecule has 0 saturated carbocycles. The van der Waals surface area contributed by atoms with Crippen molar-refractivity contribution in [2.24, 2.45) is 5.73 Å². The molecule has 1 heterocycles. The number of methoxy groups -OCH3 is 1. The molecule has 0 aliphatic heterocycles. The lowest BCUT2D eigenvalue weighted by Crippen LogP contribution is -2.32. The van der Waals surface area contributed by atoms with Crippen molar-refractivity contribution < 1.29 is 9.26 Å². The molecule has 1 aromatic carbocycles. The van der Waals surface area contributed by atoms with Gasteiger partial charge < -0.3 is 15.0 Å². The molecule has 0 radical (unpaired) electrons. The van der Waals surface area contributed by atoms with Gasteiger partial charge in [0.25, 0.3) is 0 Å². The molecule has 0 aliphatic rings. The molecule has 2 aromatic rings. The first-order valence-corrected chi connectivity index (χ1v) is 6.70. The van der Waals surface area contributed by atoms with Gasteiger partial charge in [-0.15, -0.1) is 0 Å². The number of hydrogen-bond donors (Lipinski definition) is 1. The number of rotatable bonds is 6. The van der Waals surface area contributed by atoms with E-state index in [4.69, 9.17) is 15.0 Å². The number of para-hydroxylation sites is 1. The van der Waals surface area contributed by atoms with E-state index in [0.29, 0.717) is 24.6 Å². The normalized spacial score (nSPS) is 11.6. The van der Waals surface area contributed by atoms with Gasteiger partial charge in [0, 0.05) is 23.9 Å². The molecule has 0 saturated heterocycles. The minimum atomic E-state index is -0.225. The Kier molecular flexibility index (Phi) is 4.39. The molecular weight excluding hydrogens is 254 g/mol. The summed E-state index contributed by atoms with van der Waals surface area (Å²) in [5.74, 6) is 2.13. The Bertz CT molecular complexity index is 558. The van der Waals surface area contributed by atoms with E-state index in [9.17, 15) is 0 Å². The molecular formula is C15H21N3O2. The van der Waals surface area contributed by atoms with E-state index in [1.54, 1.807) is 7.11 Å². The average Bonchev–Trinajstić information content (AvgIpc) is 2.84. The van der Waals surface area contributed by atoms with E-state index in [1.807, 2.05) is 38.1 Å². The highest BCUT2D eigenvalue weighted by molar-refractivity contribution is 5.35. The van der Waals surface area contributed by atoms with Gasteiger partial charge in [0.05, 0.1) is 7.11 Å². The molecule has 2 N–H and O–H groups in total. The monoisotopic (exact) mass is 275 g/mol. The number of hydrogen-bond acceptors (Lipinski definition) is 5. The van der Waals surface area contributed by atoms with Gasteiger partial charge in [0.15, 0.2) is 5.82 Å². The first-order valence-electron chi connectivity index (χ1n) is 6.70. The molecule has 5 heteroatoms. The zero-order valence-electron chi connectivity index (χ0n) is 12.2. The Morgan fingerprint density at radius 1 is 1.30 bits per heavy atom. The Labute approximate surface area is 119 Å². The fourth-order valence-corrected chi connectivity index (χ4v) is 1.91. The standard InChI is InChI=1S/C15H21N3O2/c1-15(2,16)9-8-14-17-13(18-20-14)10-11-6-4-5-7-12(11)19-3/h4-7H,8-10,16H2,1-3H3. The van der Waals surface area contributed by atoms with Crippen LogP contribution in [0.5, 0.6) is 5.75 Å². The minimum Gasteiger partial charge on any atom is -0.496 e. The third kappa shape index (κ3) is 4.06. The Morgan fingerprint density at radius 2 is 2.05 bits per heavy atom. The van der Waals surface area contributed by atoms with Crippen LogP contribution < -0.4 is 10.5 Å². The van der Waals surface area contributed by atoms with Gasteiger partial charge in [-0.2, -0.15) is 4.98 Å². The third-order valence-corrected chi connectivity index (χ3v) is 3.03. The largest absolute Gasteiger partial charge is 0.496 e. The highest BCUT2D eigenvalue weighted by Crippen LogP contribution is 2.20. The Balaban J connectivity index is 2.02. The van der Waals surface area contributed by atoms with Crippen molar-refractivity contribution in [1.29, 1.82) is 0 Å². The summed E-state index contributed by atoms with van der Waals surface area (Å²) in [5, 5.41) is 4.01. The zero-order chi connectivity index (χ0) is 14.6. The van der Waals surface area contributed by atoms with Crippen molar-refractivity contribution in [2.75, 3.05) is 7.11 Å². The third-order valence-electron chi connectivity index (χ3n) is 3.03. The van der Waals surface area contributed by atoms with Crippen molar-refractivity contribution in [3.05, 3.63) is 41.5 Å². The second-order valence-electron chi connectivity index (χ2n) is 5.58. The molecule has 2 rings (SSSR count). The minimum absolute atomic E-state index is 0.225. The van der Waals surface area contributed by atoms with E-state index in [2.05, 4.69) is 10.1 Å². The van der Waals surface area contributed by atoms with Crippen LogP contribution in [0, 0.1) is 0 Å². The van der Waals surface area contributed by atoms with Crippen LogP contribution in [0.1, 0.15) is 37.5 Å². The average molecular weight is 275 g/mol. The van der Waals surface area contributed by atoms with Gasteiger partial charge >= 0.3 is 0 Å². The number of benzene rings is 1. The predicted molar refractivity (Wildman–Crippen MR) is 76.7 cm³/mol. The molecule has 5 nitrogen and oxygen atoms in total. The fraction of sp³-hybridized carbons (Fsp3) is 0.467. The molecule has 1 aromatic heterocycles. The van der Waals surface area contributed by atoms with E-state index >= 15 is 0 Å². The van der Waals surface area contributed by atoms with Crippen LogP contribution in [0.25, 0.3) is 0 Å². The molecule has 108 valence electrons. The van der Waals surface area contributed by atoms with Crippen molar-refractivity contribution in [3.63, 3.8) is 0 Å². The van der Waals surface area contributed by atoms with E-state index in [0.717, 1.165) is 17.7 Å². The second-order valence-corrected chi connectivity index (χ2v) is 5.58. The van der Waals surface area contributed by atoms with Crippen LogP contribution in [0.3, 0.4) is 0 Å². The number of nitrogens with zero attached hydrogens (tertiary/aromatic N) is 2. The molecule has 0 amide bonds. The van der Waals surface area contributed by atoms with E-state index in [1.165, 1.54) is 0 Å². The van der Waals surface area contributed by atoms with E-state index in [-0.39, 0.29) is 5.54 Å². The highest BCUT2D eigenvalue weighted by atomic mass is 16.5. The summed E-state index contributed by atoms with van der Waals surface area (Å²) < 4.78 is 10.6. The van der Waals surface area contributed by atoms with Gasteiger partial charge in [-0.3, -0.25) is 0 Å². The van der Waals surface area contributed by atoms with Crippen LogP contribution >= 0.6 is 0 Å². The maximum absolute atomic E-state index is 5.95. The molecule has 0 fully saturated rings. The van der Waals surface area contributed by atoms with Crippen LogP contribution in [0.4, 0.5) is 0 Å². The van der Waals surface area contributed by atoms with Crippen molar-refractivity contribution >= 4 is 0 Å². The summed E-state index contributed by atoms with van der Waals surface area (Å²) in [6.45, 7) is 3.97. The van der Waals surface area contributed by atoms with Crippen molar-refractivity contribution in [2.45, 2.75) is 38.6 Å². The van der Waals surface area contributed by atoms with Gasteiger partial charge in [0.2, 0.25) is 5.89 Å². The summed E-state index contributed by atoms with van der Waals surface area (Å²) in [4.78, 5) is 4.40. The van der Waals surface area contributed by atoms with E-state index < -0.39 is 0 Å². The quantitative estimate of drug-likeness (QED) is 0.875. The number of aryl methyl sites for hydroxylation is 1. The maximum Gasteiger partial charge on any atom is 0.226 e. The SMILES string of the molecule is COc1ccccc1Cc1noc(CCC(C)(C)N)n1. The summed E-state index contributed by atoms with van der Waals surface area (Å²) in [6, 6.07) is 7.83. The first-order chi connectivity index (χ1) is 9.48. The smallest absolute Gasteiger partial charge is 0.226 e. The lowest BCUT2D eigenvalue weighted by atomic mass is 10.0. The summed E-state index contributed by atoms with van der Waals surface area (Å²) in [6.07, 6.45) is 2.10.